The maximum absolute atomic E-state index is 12.0. The van der Waals surface area contributed by atoms with Crippen molar-refractivity contribution in [3.8, 4) is 0 Å². The van der Waals surface area contributed by atoms with Gasteiger partial charge in [0, 0.05) is 24.6 Å². The third-order valence-corrected chi connectivity index (χ3v) is 3.55. The molecule has 0 heterocycles. The number of rotatable bonds is 7. The molecule has 0 saturated heterocycles. The number of hydrogen-bond donors (Lipinski definition) is 3. The van der Waals surface area contributed by atoms with Crippen LogP contribution in [0.25, 0.3) is 0 Å². The number of nitrogens with two attached hydrogens (primary N) is 1. The molecule has 21 heavy (non-hydrogen) atoms. The van der Waals surface area contributed by atoms with Crippen LogP contribution in [0.1, 0.15) is 33.1 Å². The summed E-state index contributed by atoms with van der Waals surface area (Å²) in [7, 11) is 0. The highest BCUT2D eigenvalue weighted by molar-refractivity contribution is 6.34. The number of hydrogen-bond acceptors (Lipinski definition) is 3. The van der Waals surface area contributed by atoms with E-state index in [-0.39, 0.29) is 24.2 Å². The van der Waals surface area contributed by atoms with E-state index in [0.29, 0.717) is 22.9 Å². The molecular weight excluding hydrogens is 290 g/mol. The summed E-state index contributed by atoms with van der Waals surface area (Å²) in [6.07, 6.45) is 1.82. The Morgan fingerprint density at radius 3 is 2.43 bits per heavy atom. The molecule has 1 rings (SSSR count). The van der Waals surface area contributed by atoms with E-state index < -0.39 is 0 Å². The Kier molecular flexibility index (Phi) is 7.19. The fourth-order valence-electron chi connectivity index (χ4n) is 1.94. The summed E-state index contributed by atoms with van der Waals surface area (Å²) in [4.78, 5) is 23.5. The van der Waals surface area contributed by atoms with Crippen molar-refractivity contribution in [2.75, 3.05) is 17.2 Å². The van der Waals surface area contributed by atoms with E-state index in [9.17, 15) is 9.59 Å². The second-order valence-corrected chi connectivity index (χ2v) is 5.19. The molecule has 0 aliphatic rings. The quantitative estimate of drug-likeness (QED) is 0.723. The Hall–Kier alpha value is -1.59. The number of amides is 2. The molecule has 6 heteroatoms. The van der Waals surface area contributed by atoms with Gasteiger partial charge >= 0.3 is 0 Å². The van der Waals surface area contributed by atoms with E-state index in [1.54, 1.807) is 18.2 Å². The number of benzene rings is 1. The molecule has 4 N–H and O–H groups in total. The summed E-state index contributed by atoms with van der Waals surface area (Å²) in [5.41, 5.74) is 6.44. The van der Waals surface area contributed by atoms with Gasteiger partial charge in [-0.05, 0) is 31.0 Å². The van der Waals surface area contributed by atoms with E-state index in [4.69, 9.17) is 17.3 Å². The van der Waals surface area contributed by atoms with Gasteiger partial charge in [-0.3, -0.25) is 9.59 Å². The molecule has 0 bridgehead atoms. The van der Waals surface area contributed by atoms with E-state index in [1.807, 2.05) is 13.8 Å². The van der Waals surface area contributed by atoms with Gasteiger partial charge in [0.05, 0.1) is 10.7 Å². The lowest BCUT2D eigenvalue weighted by molar-refractivity contribution is -0.120. The van der Waals surface area contributed by atoms with Crippen LogP contribution in [0.15, 0.2) is 18.2 Å². The fraction of sp³-hybridized carbons (Fsp3) is 0.467. The molecule has 0 aliphatic carbocycles. The van der Waals surface area contributed by atoms with Crippen molar-refractivity contribution in [2.24, 2.45) is 11.7 Å². The van der Waals surface area contributed by atoms with Gasteiger partial charge in [-0.2, -0.15) is 0 Å². The Balaban J connectivity index is 2.74. The summed E-state index contributed by atoms with van der Waals surface area (Å²) in [5.74, 6) is -0.228. The minimum absolute atomic E-state index is 0.0231. The molecule has 0 saturated carbocycles. The first kappa shape index (κ1) is 17.5. The van der Waals surface area contributed by atoms with Crippen LogP contribution in [0.5, 0.6) is 0 Å². The van der Waals surface area contributed by atoms with Crippen LogP contribution in [-0.2, 0) is 9.59 Å². The van der Waals surface area contributed by atoms with Crippen LogP contribution in [0, 0.1) is 5.92 Å². The SMILES string of the molecule is CCC(CC)C(=O)Nc1ccc(NC(=O)CCN)cc1Cl. The van der Waals surface area contributed by atoms with Gasteiger partial charge in [-0.15, -0.1) is 0 Å². The summed E-state index contributed by atoms with van der Waals surface area (Å²) in [6.45, 7) is 4.25. The normalized spacial score (nSPS) is 10.5. The lowest BCUT2D eigenvalue weighted by atomic mass is 10.0. The van der Waals surface area contributed by atoms with E-state index >= 15 is 0 Å². The number of anilines is 2. The molecule has 1 aromatic rings. The molecule has 0 radical (unpaired) electrons. The molecule has 2 amide bonds. The van der Waals surface area contributed by atoms with Crippen LogP contribution in [0.3, 0.4) is 0 Å². The smallest absolute Gasteiger partial charge is 0.227 e. The highest BCUT2D eigenvalue weighted by Gasteiger charge is 2.15. The third-order valence-electron chi connectivity index (χ3n) is 3.24. The van der Waals surface area contributed by atoms with Crippen molar-refractivity contribution in [1.29, 1.82) is 0 Å². The third kappa shape index (κ3) is 5.36. The summed E-state index contributed by atoms with van der Waals surface area (Å²) in [5, 5.41) is 5.90. The van der Waals surface area contributed by atoms with Gasteiger partial charge < -0.3 is 16.4 Å². The molecular formula is C15H22ClN3O2. The standard InChI is InChI=1S/C15H22ClN3O2/c1-3-10(4-2)15(21)19-13-6-5-11(9-12(13)16)18-14(20)7-8-17/h5-6,9-10H,3-4,7-8,17H2,1-2H3,(H,18,20)(H,19,21). The minimum Gasteiger partial charge on any atom is -0.330 e. The average molecular weight is 312 g/mol. The van der Waals surface area contributed by atoms with Crippen LogP contribution < -0.4 is 16.4 Å². The zero-order valence-corrected chi connectivity index (χ0v) is 13.2. The molecule has 0 atom stereocenters. The van der Waals surface area contributed by atoms with Crippen LogP contribution in [0.4, 0.5) is 11.4 Å². The van der Waals surface area contributed by atoms with Crippen molar-refractivity contribution in [2.45, 2.75) is 33.1 Å². The molecule has 0 spiro atoms. The van der Waals surface area contributed by atoms with Crippen LogP contribution >= 0.6 is 11.6 Å². The first-order valence-corrected chi connectivity index (χ1v) is 7.49. The predicted molar refractivity (Wildman–Crippen MR) is 86.5 cm³/mol. The lowest BCUT2D eigenvalue weighted by Crippen LogP contribution is -2.22. The maximum atomic E-state index is 12.0. The molecule has 116 valence electrons. The Morgan fingerprint density at radius 1 is 1.24 bits per heavy atom. The van der Waals surface area contributed by atoms with Crippen molar-refractivity contribution in [1.82, 2.24) is 0 Å². The molecule has 1 aromatic carbocycles. The largest absolute Gasteiger partial charge is 0.330 e. The Bertz CT molecular complexity index is 502. The number of carbonyl (C=O) groups excluding carboxylic acids is 2. The lowest BCUT2D eigenvalue weighted by Gasteiger charge is -2.14. The highest BCUT2D eigenvalue weighted by atomic mass is 35.5. The van der Waals surface area contributed by atoms with Crippen LogP contribution in [0.2, 0.25) is 5.02 Å². The second kappa shape index (κ2) is 8.64. The summed E-state index contributed by atoms with van der Waals surface area (Å²) < 4.78 is 0. The van der Waals surface area contributed by atoms with Crippen molar-refractivity contribution in [3.63, 3.8) is 0 Å². The fourth-order valence-corrected chi connectivity index (χ4v) is 2.17. The number of carbonyl (C=O) groups is 2. The molecule has 0 unspecified atom stereocenters. The predicted octanol–water partition coefficient (Wildman–Crippen LogP) is 3.00. The topological polar surface area (TPSA) is 84.2 Å². The Labute approximate surface area is 130 Å². The number of halogens is 1. The first-order chi connectivity index (χ1) is 10.0. The van der Waals surface area contributed by atoms with Crippen molar-refractivity contribution in [3.05, 3.63) is 23.2 Å². The van der Waals surface area contributed by atoms with Gasteiger partial charge in [0.1, 0.15) is 0 Å². The maximum Gasteiger partial charge on any atom is 0.227 e. The van der Waals surface area contributed by atoms with E-state index in [0.717, 1.165) is 12.8 Å². The first-order valence-electron chi connectivity index (χ1n) is 7.12. The van der Waals surface area contributed by atoms with E-state index in [2.05, 4.69) is 10.6 Å². The minimum atomic E-state index is -0.164. The molecule has 0 fully saturated rings. The van der Waals surface area contributed by atoms with Gasteiger partial charge in [0.2, 0.25) is 11.8 Å². The second-order valence-electron chi connectivity index (χ2n) is 4.78. The summed E-state index contributed by atoms with van der Waals surface area (Å²) >= 11 is 6.13. The zero-order chi connectivity index (χ0) is 15.8. The average Bonchev–Trinajstić information content (AvgIpc) is 2.43. The van der Waals surface area contributed by atoms with Gasteiger partial charge in [0.15, 0.2) is 0 Å². The van der Waals surface area contributed by atoms with Crippen LogP contribution in [-0.4, -0.2) is 18.4 Å². The number of nitrogens with one attached hydrogen (secondary N) is 2. The van der Waals surface area contributed by atoms with Crippen molar-refractivity contribution < 1.29 is 9.59 Å². The zero-order valence-electron chi connectivity index (χ0n) is 12.4. The van der Waals surface area contributed by atoms with Gasteiger partial charge in [-0.25, -0.2) is 0 Å². The van der Waals surface area contributed by atoms with Crippen molar-refractivity contribution >= 4 is 34.8 Å². The van der Waals surface area contributed by atoms with Gasteiger partial charge in [-0.1, -0.05) is 25.4 Å². The monoisotopic (exact) mass is 311 g/mol. The molecule has 0 aliphatic heterocycles. The van der Waals surface area contributed by atoms with Gasteiger partial charge in [0.25, 0.3) is 0 Å². The van der Waals surface area contributed by atoms with E-state index in [1.165, 1.54) is 0 Å². The highest BCUT2D eigenvalue weighted by Crippen LogP contribution is 2.26. The Morgan fingerprint density at radius 2 is 1.90 bits per heavy atom. The summed E-state index contributed by atoms with van der Waals surface area (Å²) in [6, 6.07) is 4.99. The molecule has 0 aromatic heterocycles. The molecule has 5 nitrogen and oxygen atoms in total.